The van der Waals surface area contributed by atoms with Crippen LogP contribution in [0.25, 0.3) is 0 Å². The van der Waals surface area contributed by atoms with Crippen molar-refractivity contribution in [3.8, 4) is 0 Å². The van der Waals surface area contributed by atoms with Crippen molar-refractivity contribution in [2.45, 2.75) is 33.3 Å². The number of amides is 1. The first kappa shape index (κ1) is 15.7. The van der Waals surface area contributed by atoms with Gasteiger partial charge < -0.3 is 20.1 Å². The fraction of sp³-hybridized carbons (Fsp3) is 0.818. The highest BCUT2D eigenvalue weighted by Gasteiger charge is 2.15. The van der Waals surface area contributed by atoms with Crippen LogP contribution >= 0.6 is 0 Å². The molecule has 0 saturated carbocycles. The summed E-state index contributed by atoms with van der Waals surface area (Å²) >= 11 is 0. The number of nitrogens with one attached hydrogen (secondary N) is 1. The Balaban J connectivity index is 3.46. The normalized spacial score (nSPS) is 10.8. The lowest BCUT2D eigenvalue weighted by molar-refractivity contribution is -0.643. The van der Waals surface area contributed by atoms with E-state index in [1.807, 2.05) is 0 Å². The first-order valence-electron chi connectivity index (χ1n) is 5.79. The lowest BCUT2D eigenvalue weighted by atomic mass is 10.2. The molecule has 0 aromatic rings. The van der Waals surface area contributed by atoms with Gasteiger partial charge in [0.05, 0.1) is 19.7 Å². The van der Waals surface area contributed by atoms with E-state index in [0.717, 1.165) is 0 Å². The topological polar surface area (TPSA) is 81.2 Å². The van der Waals surface area contributed by atoms with Gasteiger partial charge in [0, 0.05) is 0 Å². The quantitative estimate of drug-likeness (QED) is 0.496. The molecule has 0 heterocycles. The molecule has 0 rings (SSSR count). The van der Waals surface area contributed by atoms with E-state index in [-0.39, 0.29) is 12.5 Å². The summed E-state index contributed by atoms with van der Waals surface area (Å²) < 4.78 is 9.80. The SMILES string of the molecule is CCOC(=O)C[NH2+]CCNC(=O)OC(C)(C)C. The molecule has 0 unspecified atom stereocenters. The molecule has 0 aliphatic rings. The third-order valence-corrected chi connectivity index (χ3v) is 1.63. The predicted molar refractivity (Wildman–Crippen MR) is 62.5 cm³/mol. The molecule has 0 spiro atoms. The van der Waals surface area contributed by atoms with E-state index in [0.29, 0.717) is 19.7 Å². The molecular formula is C11H23N2O4+. The maximum atomic E-state index is 11.2. The number of esters is 1. The number of rotatable bonds is 6. The van der Waals surface area contributed by atoms with Crippen molar-refractivity contribution < 1.29 is 24.4 Å². The van der Waals surface area contributed by atoms with Crippen molar-refractivity contribution in [2.24, 2.45) is 0 Å². The Morgan fingerprint density at radius 1 is 1.29 bits per heavy atom. The van der Waals surface area contributed by atoms with Gasteiger partial charge >= 0.3 is 12.1 Å². The molecule has 6 nitrogen and oxygen atoms in total. The number of alkyl carbamates (subject to hydrolysis) is 1. The van der Waals surface area contributed by atoms with Crippen molar-refractivity contribution in [1.82, 2.24) is 5.32 Å². The number of hydrogen-bond acceptors (Lipinski definition) is 4. The van der Waals surface area contributed by atoms with Gasteiger partial charge in [-0.1, -0.05) is 0 Å². The molecule has 0 aliphatic carbocycles. The fourth-order valence-corrected chi connectivity index (χ4v) is 1.03. The molecule has 0 radical (unpaired) electrons. The van der Waals surface area contributed by atoms with Gasteiger partial charge in [-0.15, -0.1) is 0 Å². The maximum absolute atomic E-state index is 11.2. The van der Waals surface area contributed by atoms with Gasteiger partial charge in [-0.2, -0.15) is 0 Å². The van der Waals surface area contributed by atoms with E-state index < -0.39 is 11.7 Å². The van der Waals surface area contributed by atoms with Crippen molar-refractivity contribution in [3.63, 3.8) is 0 Å². The van der Waals surface area contributed by atoms with Crippen LogP contribution in [0.2, 0.25) is 0 Å². The monoisotopic (exact) mass is 247 g/mol. The van der Waals surface area contributed by atoms with E-state index in [4.69, 9.17) is 9.47 Å². The lowest BCUT2D eigenvalue weighted by Crippen LogP contribution is -2.87. The molecule has 6 heteroatoms. The summed E-state index contributed by atoms with van der Waals surface area (Å²) in [5, 5.41) is 4.37. The molecule has 3 N–H and O–H groups in total. The Bertz CT molecular complexity index is 248. The molecule has 0 saturated heterocycles. The minimum absolute atomic E-state index is 0.246. The van der Waals surface area contributed by atoms with Crippen LogP contribution in [0.1, 0.15) is 27.7 Å². The first-order valence-corrected chi connectivity index (χ1v) is 5.79. The summed E-state index contributed by atoms with van der Waals surface area (Å²) in [6.07, 6.45) is -0.443. The molecule has 100 valence electrons. The van der Waals surface area contributed by atoms with E-state index in [9.17, 15) is 9.59 Å². The number of carbonyl (C=O) groups excluding carboxylic acids is 2. The van der Waals surface area contributed by atoms with Gasteiger partial charge in [0.25, 0.3) is 0 Å². The zero-order valence-electron chi connectivity index (χ0n) is 11.0. The molecule has 1 amide bonds. The minimum Gasteiger partial charge on any atom is -0.462 e. The summed E-state index contributed by atoms with van der Waals surface area (Å²) in [5.74, 6) is -0.246. The second-order valence-corrected chi connectivity index (χ2v) is 4.52. The van der Waals surface area contributed by atoms with E-state index in [1.54, 1.807) is 33.0 Å². The van der Waals surface area contributed by atoms with Gasteiger partial charge in [-0.25, -0.2) is 9.59 Å². The number of hydrogen-bond donors (Lipinski definition) is 2. The largest absolute Gasteiger partial charge is 0.462 e. The zero-order valence-corrected chi connectivity index (χ0v) is 11.0. The van der Waals surface area contributed by atoms with Crippen molar-refractivity contribution in [3.05, 3.63) is 0 Å². The maximum Gasteiger partial charge on any atom is 0.407 e. The second-order valence-electron chi connectivity index (χ2n) is 4.52. The lowest BCUT2D eigenvalue weighted by Gasteiger charge is -2.19. The molecule has 0 aromatic carbocycles. The van der Waals surface area contributed by atoms with Crippen LogP contribution in [-0.4, -0.2) is 43.9 Å². The van der Waals surface area contributed by atoms with Gasteiger partial charge in [-0.3, -0.25) is 0 Å². The third kappa shape index (κ3) is 11.0. The first-order chi connectivity index (χ1) is 7.85. The van der Waals surface area contributed by atoms with Crippen LogP contribution in [0.15, 0.2) is 0 Å². The van der Waals surface area contributed by atoms with Crippen LogP contribution in [0.3, 0.4) is 0 Å². The fourth-order valence-electron chi connectivity index (χ4n) is 1.03. The Kier molecular flexibility index (Phi) is 7.29. The van der Waals surface area contributed by atoms with Crippen LogP contribution in [-0.2, 0) is 14.3 Å². The standard InChI is InChI=1S/C11H22N2O4/c1-5-16-9(14)8-12-6-7-13-10(15)17-11(2,3)4/h12H,5-8H2,1-4H3,(H,13,15)/p+1. The van der Waals surface area contributed by atoms with Crippen LogP contribution in [0.5, 0.6) is 0 Å². The Hall–Kier alpha value is -1.30. The van der Waals surface area contributed by atoms with Crippen molar-refractivity contribution in [1.29, 1.82) is 0 Å². The molecule has 0 aliphatic heterocycles. The highest BCUT2D eigenvalue weighted by molar-refractivity contribution is 5.70. The number of carbonyl (C=O) groups is 2. The molecule has 17 heavy (non-hydrogen) atoms. The molecule has 0 bridgehead atoms. The van der Waals surface area contributed by atoms with E-state index in [2.05, 4.69) is 5.32 Å². The van der Waals surface area contributed by atoms with Crippen molar-refractivity contribution in [2.75, 3.05) is 26.2 Å². The zero-order chi connectivity index (χ0) is 13.3. The van der Waals surface area contributed by atoms with E-state index in [1.165, 1.54) is 0 Å². The highest BCUT2D eigenvalue weighted by atomic mass is 16.6. The average Bonchev–Trinajstić information content (AvgIpc) is 2.14. The van der Waals surface area contributed by atoms with Crippen LogP contribution < -0.4 is 10.6 Å². The smallest absolute Gasteiger partial charge is 0.407 e. The van der Waals surface area contributed by atoms with Crippen LogP contribution in [0, 0.1) is 0 Å². The average molecular weight is 247 g/mol. The second kappa shape index (κ2) is 7.89. The Morgan fingerprint density at radius 2 is 1.94 bits per heavy atom. The molecular weight excluding hydrogens is 224 g/mol. The summed E-state index contributed by atoms with van der Waals surface area (Å²) in [5.41, 5.74) is -0.487. The molecule has 0 fully saturated rings. The number of ether oxygens (including phenoxy) is 2. The minimum atomic E-state index is -0.487. The van der Waals surface area contributed by atoms with E-state index >= 15 is 0 Å². The van der Waals surface area contributed by atoms with Crippen molar-refractivity contribution >= 4 is 12.1 Å². The summed E-state index contributed by atoms with van der Waals surface area (Å²) in [4.78, 5) is 22.2. The predicted octanol–water partition coefficient (Wildman–Crippen LogP) is -0.362. The number of quaternary nitrogens is 1. The summed E-state index contributed by atoms with van der Waals surface area (Å²) in [7, 11) is 0. The summed E-state index contributed by atoms with van der Waals surface area (Å²) in [6.45, 7) is 8.90. The number of nitrogens with two attached hydrogens (primary N) is 1. The van der Waals surface area contributed by atoms with Crippen LogP contribution in [0.4, 0.5) is 4.79 Å². The highest BCUT2D eigenvalue weighted by Crippen LogP contribution is 2.05. The van der Waals surface area contributed by atoms with Gasteiger partial charge in [0.2, 0.25) is 0 Å². The van der Waals surface area contributed by atoms with Gasteiger partial charge in [-0.05, 0) is 27.7 Å². The Morgan fingerprint density at radius 3 is 2.47 bits per heavy atom. The van der Waals surface area contributed by atoms with Gasteiger partial charge in [0.15, 0.2) is 6.54 Å². The van der Waals surface area contributed by atoms with Gasteiger partial charge in [0.1, 0.15) is 5.60 Å². The third-order valence-electron chi connectivity index (χ3n) is 1.63. The molecule has 0 atom stereocenters. The Labute approximate surface area is 102 Å². The molecule has 0 aromatic heterocycles. The summed E-state index contributed by atoms with van der Waals surface area (Å²) in [6, 6.07) is 0.